The molecule has 0 bridgehead atoms. The van der Waals surface area contributed by atoms with Crippen LogP contribution in [0.5, 0.6) is 5.75 Å². The molecule has 0 aromatic carbocycles. The van der Waals surface area contributed by atoms with Crippen LogP contribution in [0.15, 0.2) is 12.3 Å². The molecule has 16 heavy (non-hydrogen) atoms. The van der Waals surface area contributed by atoms with Crippen molar-refractivity contribution in [1.82, 2.24) is 4.98 Å². The highest BCUT2D eigenvalue weighted by Crippen LogP contribution is 2.37. The zero-order valence-electron chi connectivity index (χ0n) is 8.88. The van der Waals surface area contributed by atoms with Gasteiger partial charge >= 0.3 is 0 Å². The lowest BCUT2D eigenvalue weighted by molar-refractivity contribution is 0.409. The van der Waals surface area contributed by atoms with Crippen LogP contribution in [-0.2, 0) is 16.5 Å². The standard InChI is InChI=1S/C10H13NO4S/c1-15-9-4-5-11-10-7(2-3-8(9)10)6-16(12,13)14/h4-5,7H,2-3,6H2,1H3,(H,12,13,14). The van der Waals surface area contributed by atoms with Gasteiger partial charge in [0.25, 0.3) is 10.1 Å². The molecule has 0 amide bonds. The van der Waals surface area contributed by atoms with Gasteiger partial charge in [-0.15, -0.1) is 0 Å². The number of aromatic nitrogens is 1. The number of fused-ring (bicyclic) bond motifs is 1. The van der Waals surface area contributed by atoms with Gasteiger partial charge in [0.1, 0.15) is 5.75 Å². The van der Waals surface area contributed by atoms with Crippen molar-refractivity contribution in [2.24, 2.45) is 0 Å². The molecule has 1 aliphatic rings. The van der Waals surface area contributed by atoms with Crippen LogP contribution < -0.4 is 4.74 Å². The molecule has 0 saturated heterocycles. The van der Waals surface area contributed by atoms with Gasteiger partial charge in [-0.1, -0.05) is 0 Å². The van der Waals surface area contributed by atoms with E-state index < -0.39 is 10.1 Å². The average molecular weight is 243 g/mol. The average Bonchev–Trinajstić information content (AvgIpc) is 2.59. The van der Waals surface area contributed by atoms with Gasteiger partial charge < -0.3 is 4.74 Å². The zero-order chi connectivity index (χ0) is 11.8. The van der Waals surface area contributed by atoms with Gasteiger partial charge in [-0.05, 0) is 18.9 Å². The van der Waals surface area contributed by atoms with E-state index in [1.165, 1.54) is 0 Å². The number of ether oxygens (including phenoxy) is 1. The quantitative estimate of drug-likeness (QED) is 0.802. The van der Waals surface area contributed by atoms with Crippen molar-refractivity contribution in [1.29, 1.82) is 0 Å². The first-order valence-electron chi connectivity index (χ1n) is 4.98. The van der Waals surface area contributed by atoms with Crippen molar-refractivity contribution in [3.63, 3.8) is 0 Å². The van der Waals surface area contributed by atoms with Gasteiger partial charge in [-0.2, -0.15) is 8.42 Å². The number of hydrogen-bond acceptors (Lipinski definition) is 4. The molecule has 0 fully saturated rings. The molecule has 1 atom stereocenters. The second-order valence-corrected chi connectivity index (χ2v) is 5.36. The molecule has 5 nitrogen and oxygen atoms in total. The Morgan fingerprint density at radius 3 is 3.00 bits per heavy atom. The van der Waals surface area contributed by atoms with Gasteiger partial charge in [0.15, 0.2) is 0 Å². The molecule has 2 rings (SSSR count). The lowest BCUT2D eigenvalue weighted by atomic mass is 10.1. The summed E-state index contributed by atoms with van der Waals surface area (Å²) in [4.78, 5) is 4.18. The number of pyridine rings is 1. The Hall–Kier alpha value is -1.14. The Balaban J connectivity index is 2.33. The summed E-state index contributed by atoms with van der Waals surface area (Å²) in [7, 11) is -2.38. The van der Waals surface area contributed by atoms with Crippen molar-refractivity contribution in [3.8, 4) is 5.75 Å². The fourth-order valence-corrected chi connectivity index (χ4v) is 2.99. The molecule has 1 unspecified atom stereocenters. The summed E-state index contributed by atoms with van der Waals surface area (Å²) in [5, 5.41) is 0. The SMILES string of the molecule is COc1ccnc2c1CCC2CS(=O)(=O)O. The van der Waals surface area contributed by atoms with E-state index in [2.05, 4.69) is 4.98 Å². The van der Waals surface area contributed by atoms with E-state index in [1.54, 1.807) is 19.4 Å². The highest BCUT2D eigenvalue weighted by atomic mass is 32.2. The van der Waals surface area contributed by atoms with E-state index >= 15 is 0 Å². The number of rotatable bonds is 3. The Bertz CT molecular complexity index is 498. The maximum atomic E-state index is 10.8. The van der Waals surface area contributed by atoms with Gasteiger partial charge in [-0.3, -0.25) is 9.54 Å². The predicted molar refractivity (Wildman–Crippen MR) is 58.3 cm³/mol. The summed E-state index contributed by atoms with van der Waals surface area (Å²) in [6.07, 6.45) is 3.02. The van der Waals surface area contributed by atoms with Crippen molar-refractivity contribution >= 4 is 10.1 Å². The summed E-state index contributed by atoms with van der Waals surface area (Å²) in [5.41, 5.74) is 1.69. The minimum absolute atomic E-state index is 0.222. The normalized spacial score (nSPS) is 19.5. The second-order valence-electron chi connectivity index (χ2n) is 3.86. The Morgan fingerprint density at radius 2 is 2.38 bits per heavy atom. The van der Waals surface area contributed by atoms with Crippen molar-refractivity contribution < 1.29 is 17.7 Å². The highest BCUT2D eigenvalue weighted by Gasteiger charge is 2.29. The Morgan fingerprint density at radius 1 is 1.62 bits per heavy atom. The topological polar surface area (TPSA) is 76.5 Å². The molecule has 1 N–H and O–H groups in total. The maximum Gasteiger partial charge on any atom is 0.265 e. The molecule has 0 saturated carbocycles. The predicted octanol–water partition coefficient (Wildman–Crippen LogP) is 1.01. The third-order valence-electron chi connectivity index (χ3n) is 2.81. The van der Waals surface area contributed by atoms with Crippen LogP contribution in [0.25, 0.3) is 0 Å². The molecule has 0 radical (unpaired) electrons. The van der Waals surface area contributed by atoms with Crippen LogP contribution in [0, 0.1) is 0 Å². The Kier molecular flexibility index (Phi) is 2.86. The molecule has 1 heterocycles. The monoisotopic (exact) mass is 243 g/mol. The molecular weight excluding hydrogens is 230 g/mol. The fraction of sp³-hybridized carbons (Fsp3) is 0.500. The summed E-state index contributed by atoms with van der Waals surface area (Å²) >= 11 is 0. The molecule has 1 aliphatic carbocycles. The molecule has 1 aromatic rings. The number of hydrogen-bond donors (Lipinski definition) is 1. The molecule has 0 aliphatic heterocycles. The molecule has 1 aromatic heterocycles. The number of methoxy groups -OCH3 is 1. The molecular formula is C10H13NO4S. The van der Waals surface area contributed by atoms with E-state index in [9.17, 15) is 8.42 Å². The van der Waals surface area contributed by atoms with E-state index in [-0.39, 0.29) is 11.7 Å². The number of nitrogens with zero attached hydrogens (tertiary/aromatic N) is 1. The van der Waals surface area contributed by atoms with Gasteiger partial charge in [-0.25, -0.2) is 0 Å². The first kappa shape index (κ1) is 11.3. The molecule has 88 valence electrons. The molecule has 0 spiro atoms. The summed E-state index contributed by atoms with van der Waals surface area (Å²) in [5.74, 6) is 0.253. The van der Waals surface area contributed by atoms with Crippen molar-refractivity contribution in [2.75, 3.05) is 12.9 Å². The van der Waals surface area contributed by atoms with Crippen LogP contribution in [0.3, 0.4) is 0 Å². The maximum absolute atomic E-state index is 10.8. The Labute approximate surface area is 94.2 Å². The lowest BCUT2D eigenvalue weighted by Gasteiger charge is -2.09. The summed E-state index contributed by atoms with van der Waals surface area (Å²) < 4.78 is 35.7. The van der Waals surface area contributed by atoms with Crippen LogP contribution in [0.2, 0.25) is 0 Å². The third kappa shape index (κ3) is 2.17. The van der Waals surface area contributed by atoms with E-state index in [0.29, 0.717) is 6.42 Å². The second kappa shape index (κ2) is 4.03. The third-order valence-corrected chi connectivity index (χ3v) is 3.63. The van der Waals surface area contributed by atoms with E-state index in [1.807, 2.05) is 0 Å². The largest absolute Gasteiger partial charge is 0.496 e. The van der Waals surface area contributed by atoms with E-state index in [0.717, 1.165) is 23.4 Å². The van der Waals surface area contributed by atoms with Gasteiger partial charge in [0, 0.05) is 17.7 Å². The first-order valence-corrected chi connectivity index (χ1v) is 6.59. The van der Waals surface area contributed by atoms with Crippen LogP contribution in [0.1, 0.15) is 23.6 Å². The van der Waals surface area contributed by atoms with Gasteiger partial charge in [0.05, 0.1) is 18.6 Å². The summed E-state index contributed by atoms with van der Waals surface area (Å²) in [6.45, 7) is 0. The molecule has 6 heteroatoms. The van der Waals surface area contributed by atoms with Crippen molar-refractivity contribution in [2.45, 2.75) is 18.8 Å². The van der Waals surface area contributed by atoms with Crippen LogP contribution in [-0.4, -0.2) is 30.8 Å². The van der Waals surface area contributed by atoms with Gasteiger partial charge in [0.2, 0.25) is 0 Å². The fourth-order valence-electron chi connectivity index (χ4n) is 2.16. The highest BCUT2D eigenvalue weighted by molar-refractivity contribution is 7.85. The zero-order valence-corrected chi connectivity index (χ0v) is 9.70. The minimum Gasteiger partial charge on any atom is -0.496 e. The van der Waals surface area contributed by atoms with E-state index in [4.69, 9.17) is 9.29 Å². The lowest BCUT2D eigenvalue weighted by Crippen LogP contribution is -2.12. The first-order chi connectivity index (χ1) is 7.51. The minimum atomic E-state index is -3.95. The van der Waals surface area contributed by atoms with Crippen LogP contribution >= 0.6 is 0 Å². The van der Waals surface area contributed by atoms with Crippen molar-refractivity contribution in [3.05, 3.63) is 23.5 Å². The summed E-state index contributed by atoms with van der Waals surface area (Å²) in [6, 6.07) is 1.76. The van der Waals surface area contributed by atoms with Crippen LogP contribution in [0.4, 0.5) is 0 Å². The smallest absolute Gasteiger partial charge is 0.265 e.